The summed E-state index contributed by atoms with van der Waals surface area (Å²) in [6.45, 7) is 2.45. The van der Waals surface area contributed by atoms with Gasteiger partial charge in [0.1, 0.15) is 0 Å². The average molecular weight is 229 g/mol. The predicted molar refractivity (Wildman–Crippen MR) is 54.5 cm³/mol. The molecule has 1 heterocycles. The van der Waals surface area contributed by atoms with Crippen molar-refractivity contribution < 1.29 is 19.5 Å². The van der Waals surface area contributed by atoms with Gasteiger partial charge in [0.2, 0.25) is 5.91 Å². The van der Waals surface area contributed by atoms with Gasteiger partial charge in [0, 0.05) is 6.54 Å². The van der Waals surface area contributed by atoms with Crippen molar-refractivity contribution in [2.24, 2.45) is 11.1 Å². The minimum Gasteiger partial charge on any atom is -0.481 e. The van der Waals surface area contributed by atoms with Gasteiger partial charge in [0.25, 0.3) is 0 Å². The van der Waals surface area contributed by atoms with E-state index >= 15 is 0 Å². The van der Waals surface area contributed by atoms with E-state index in [1.165, 1.54) is 0 Å². The summed E-state index contributed by atoms with van der Waals surface area (Å²) in [6.07, 6.45) is 0.492. The fourth-order valence-electron chi connectivity index (χ4n) is 1.75. The first-order valence-corrected chi connectivity index (χ1v) is 4.88. The number of hydrogen-bond donors (Lipinski definition) is 3. The van der Waals surface area contributed by atoms with Crippen LogP contribution in [0.5, 0.6) is 0 Å². The fraction of sp³-hybridized carbons (Fsp3) is 0.667. The van der Waals surface area contributed by atoms with E-state index in [0.717, 1.165) is 0 Å². The van der Waals surface area contributed by atoms with Crippen LogP contribution in [0.15, 0.2) is 0 Å². The number of aliphatic carboxylic acids is 1. The Labute approximate surface area is 92.6 Å². The summed E-state index contributed by atoms with van der Waals surface area (Å²) in [6, 6.07) is -0.898. The van der Waals surface area contributed by atoms with Gasteiger partial charge in [-0.1, -0.05) is 0 Å². The summed E-state index contributed by atoms with van der Waals surface area (Å²) in [5.41, 5.74) is 3.97. The normalized spacial score (nSPS) is 25.3. The van der Waals surface area contributed by atoms with Gasteiger partial charge in [-0.3, -0.25) is 19.8 Å². The number of nitrogens with zero attached hydrogens (tertiary/aromatic N) is 1. The molecule has 0 aliphatic carbocycles. The number of carboxylic acids is 1. The number of imide groups is 1. The summed E-state index contributed by atoms with van der Waals surface area (Å²) in [4.78, 5) is 34.2. The molecule has 1 rings (SSSR count). The highest BCUT2D eigenvalue weighted by Gasteiger charge is 2.40. The molecule has 7 heteroatoms. The SMILES string of the molecule is CC1(C(=O)O)CCN(CC(=O)NC(N)=O)C1. The van der Waals surface area contributed by atoms with Crippen LogP contribution in [-0.2, 0) is 9.59 Å². The van der Waals surface area contributed by atoms with Crippen LogP contribution in [0.3, 0.4) is 0 Å². The molecule has 7 nitrogen and oxygen atoms in total. The van der Waals surface area contributed by atoms with Gasteiger partial charge in [-0.15, -0.1) is 0 Å². The van der Waals surface area contributed by atoms with Crippen LogP contribution in [0.2, 0.25) is 0 Å². The van der Waals surface area contributed by atoms with E-state index in [4.69, 9.17) is 10.8 Å². The van der Waals surface area contributed by atoms with Gasteiger partial charge in [0.15, 0.2) is 0 Å². The van der Waals surface area contributed by atoms with Gasteiger partial charge in [-0.2, -0.15) is 0 Å². The zero-order valence-electron chi connectivity index (χ0n) is 9.02. The molecular formula is C9H15N3O4. The lowest BCUT2D eigenvalue weighted by atomic mass is 9.90. The molecule has 0 aromatic carbocycles. The van der Waals surface area contributed by atoms with Crippen LogP contribution in [-0.4, -0.2) is 47.5 Å². The quantitative estimate of drug-likeness (QED) is 0.573. The minimum absolute atomic E-state index is 0.00813. The molecule has 0 aromatic rings. The van der Waals surface area contributed by atoms with Gasteiger partial charge in [0.05, 0.1) is 12.0 Å². The van der Waals surface area contributed by atoms with E-state index in [2.05, 4.69) is 0 Å². The molecule has 16 heavy (non-hydrogen) atoms. The van der Waals surface area contributed by atoms with Crippen molar-refractivity contribution in [3.63, 3.8) is 0 Å². The fourth-order valence-corrected chi connectivity index (χ4v) is 1.75. The number of amides is 3. The van der Waals surface area contributed by atoms with Crippen LogP contribution in [0.4, 0.5) is 4.79 Å². The van der Waals surface area contributed by atoms with Crippen molar-refractivity contribution in [3.8, 4) is 0 Å². The second-order valence-electron chi connectivity index (χ2n) is 4.24. The number of carbonyl (C=O) groups is 3. The number of hydrogen-bond acceptors (Lipinski definition) is 4. The minimum atomic E-state index is -0.898. The maximum atomic E-state index is 11.2. The third-order valence-electron chi connectivity index (χ3n) is 2.70. The topological polar surface area (TPSA) is 113 Å². The maximum Gasteiger partial charge on any atom is 0.318 e. The third kappa shape index (κ3) is 2.93. The largest absolute Gasteiger partial charge is 0.481 e. The lowest BCUT2D eigenvalue weighted by Crippen LogP contribution is -2.42. The molecule has 3 amide bonds. The summed E-state index contributed by atoms with van der Waals surface area (Å²) in [5.74, 6) is -1.38. The Bertz CT molecular complexity index is 331. The third-order valence-corrected chi connectivity index (χ3v) is 2.70. The van der Waals surface area contributed by atoms with E-state index in [9.17, 15) is 14.4 Å². The number of carbonyl (C=O) groups excluding carboxylic acids is 2. The molecule has 90 valence electrons. The van der Waals surface area contributed by atoms with Crippen LogP contribution >= 0.6 is 0 Å². The average Bonchev–Trinajstić information content (AvgIpc) is 2.47. The van der Waals surface area contributed by atoms with Crippen LogP contribution in [0.25, 0.3) is 0 Å². The number of carboxylic acid groups (broad SMARTS) is 1. The summed E-state index contributed by atoms with van der Waals surface area (Å²) >= 11 is 0. The Hall–Kier alpha value is -1.63. The number of rotatable bonds is 3. The molecule has 0 radical (unpaired) electrons. The number of likely N-dealkylation sites (tertiary alicyclic amines) is 1. The Morgan fingerprint density at radius 1 is 1.50 bits per heavy atom. The molecule has 0 spiro atoms. The standard InChI is InChI=1S/C9H15N3O4/c1-9(7(14)15)2-3-12(5-9)4-6(13)11-8(10)16/h2-5H2,1H3,(H,14,15)(H3,10,11,13,16). The van der Waals surface area contributed by atoms with E-state index in [1.807, 2.05) is 5.32 Å². The highest BCUT2D eigenvalue weighted by molar-refractivity contribution is 5.94. The van der Waals surface area contributed by atoms with Gasteiger partial charge in [-0.25, -0.2) is 4.79 Å². The van der Waals surface area contributed by atoms with Crippen molar-refractivity contribution in [3.05, 3.63) is 0 Å². The van der Waals surface area contributed by atoms with E-state index in [-0.39, 0.29) is 6.54 Å². The Kier molecular flexibility index (Phi) is 3.48. The number of primary amides is 1. The number of nitrogens with one attached hydrogen (secondary N) is 1. The van der Waals surface area contributed by atoms with Gasteiger partial charge >= 0.3 is 12.0 Å². The monoisotopic (exact) mass is 229 g/mol. The Morgan fingerprint density at radius 2 is 2.12 bits per heavy atom. The van der Waals surface area contributed by atoms with Gasteiger partial charge in [-0.05, 0) is 19.9 Å². The first kappa shape index (κ1) is 12.4. The zero-order valence-corrected chi connectivity index (χ0v) is 9.02. The maximum absolute atomic E-state index is 11.2. The summed E-state index contributed by atoms with van der Waals surface area (Å²) in [7, 11) is 0. The van der Waals surface area contributed by atoms with Crippen LogP contribution < -0.4 is 11.1 Å². The molecule has 1 atom stereocenters. The van der Waals surface area contributed by atoms with Crippen LogP contribution in [0, 0.1) is 5.41 Å². The molecular weight excluding hydrogens is 214 g/mol. The van der Waals surface area contributed by atoms with Crippen LogP contribution in [0.1, 0.15) is 13.3 Å². The molecule has 4 N–H and O–H groups in total. The first-order valence-electron chi connectivity index (χ1n) is 4.88. The highest BCUT2D eigenvalue weighted by atomic mass is 16.4. The second kappa shape index (κ2) is 4.48. The van der Waals surface area contributed by atoms with Crippen molar-refractivity contribution in [1.29, 1.82) is 0 Å². The molecule has 1 saturated heterocycles. The van der Waals surface area contributed by atoms with Crippen molar-refractivity contribution >= 4 is 17.9 Å². The van der Waals surface area contributed by atoms with E-state index in [1.54, 1.807) is 11.8 Å². The smallest absolute Gasteiger partial charge is 0.318 e. The summed E-state index contributed by atoms with van der Waals surface area (Å²) < 4.78 is 0. The molecule has 0 bridgehead atoms. The molecule has 1 fully saturated rings. The molecule has 1 unspecified atom stereocenters. The molecule has 0 saturated carbocycles. The van der Waals surface area contributed by atoms with E-state index < -0.39 is 23.3 Å². The molecule has 1 aliphatic rings. The highest BCUT2D eigenvalue weighted by Crippen LogP contribution is 2.29. The number of urea groups is 1. The zero-order chi connectivity index (χ0) is 12.3. The van der Waals surface area contributed by atoms with Crippen molar-refractivity contribution in [2.45, 2.75) is 13.3 Å². The lowest BCUT2D eigenvalue weighted by Gasteiger charge is -2.19. The first-order chi connectivity index (χ1) is 7.33. The Morgan fingerprint density at radius 3 is 2.56 bits per heavy atom. The molecule has 1 aliphatic heterocycles. The lowest BCUT2D eigenvalue weighted by molar-refractivity contribution is -0.147. The van der Waals surface area contributed by atoms with E-state index in [0.29, 0.717) is 19.5 Å². The van der Waals surface area contributed by atoms with Crippen molar-refractivity contribution in [2.75, 3.05) is 19.6 Å². The number of nitrogens with two attached hydrogens (primary N) is 1. The molecule has 0 aromatic heterocycles. The summed E-state index contributed by atoms with van der Waals surface area (Å²) in [5, 5.41) is 10.9. The van der Waals surface area contributed by atoms with Crippen molar-refractivity contribution in [1.82, 2.24) is 10.2 Å². The van der Waals surface area contributed by atoms with Gasteiger partial charge < -0.3 is 10.8 Å². The second-order valence-corrected chi connectivity index (χ2v) is 4.24. The Balaban J connectivity index is 2.45. The predicted octanol–water partition coefficient (Wildman–Crippen LogP) is -1.02.